The molecule has 0 atom stereocenters. The Morgan fingerprint density at radius 2 is 2.14 bits per heavy atom. The van der Waals surface area contributed by atoms with E-state index in [0.29, 0.717) is 12.0 Å². The van der Waals surface area contributed by atoms with Gasteiger partial charge in [-0.2, -0.15) is 0 Å². The Morgan fingerprint density at radius 1 is 1.38 bits per heavy atom. The molecular weight excluding hydrogens is 330 g/mol. The molecule has 1 aliphatic rings. The SMILES string of the molecule is CCNc1nc(-c2cncn2C(C)C)nc(C2CC2)c1Br. The molecule has 0 aliphatic heterocycles. The molecule has 0 aromatic carbocycles. The summed E-state index contributed by atoms with van der Waals surface area (Å²) in [6, 6.07) is 0.335. The molecule has 2 heterocycles. The lowest BCUT2D eigenvalue weighted by molar-refractivity contribution is 0.603. The van der Waals surface area contributed by atoms with Gasteiger partial charge in [-0.25, -0.2) is 15.0 Å². The van der Waals surface area contributed by atoms with Gasteiger partial charge >= 0.3 is 0 Å². The summed E-state index contributed by atoms with van der Waals surface area (Å²) in [4.78, 5) is 13.8. The van der Waals surface area contributed by atoms with Gasteiger partial charge in [0.1, 0.15) is 11.5 Å². The van der Waals surface area contributed by atoms with Crippen LogP contribution in [0, 0.1) is 0 Å². The maximum Gasteiger partial charge on any atom is 0.180 e. The van der Waals surface area contributed by atoms with Crippen LogP contribution in [0.5, 0.6) is 0 Å². The van der Waals surface area contributed by atoms with E-state index in [-0.39, 0.29) is 0 Å². The first-order valence-corrected chi connectivity index (χ1v) is 8.24. The van der Waals surface area contributed by atoms with Crippen LogP contribution < -0.4 is 5.32 Å². The molecule has 1 fully saturated rings. The van der Waals surface area contributed by atoms with Gasteiger partial charge < -0.3 is 9.88 Å². The zero-order valence-electron chi connectivity index (χ0n) is 12.6. The largest absolute Gasteiger partial charge is 0.369 e. The standard InChI is InChI=1S/C15H20BrN5/c1-4-18-15-12(16)13(10-5-6-10)19-14(20-15)11-7-17-8-21(11)9(2)3/h7-10H,4-6H2,1-3H3,(H,18,19,20). The van der Waals surface area contributed by atoms with Gasteiger partial charge in [0.05, 0.1) is 22.7 Å². The van der Waals surface area contributed by atoms with Crippen molar-refractivity contribution in [2.45, 2.75) is 45.6 Å². The molecule has 0 amide bonds. The number of nitrogens with one attached hydrogen (secondary N) is 1. The average Bonchev–Trinajstić information content (AvgIpc) is 3.17. The van der Waals surface area contributed by atoms with E-state index >= 15 is 0 Å². The van der Waals surface area contributed by atoms with E-state index in [2.05, 4.69) is 56.6 Å². The van der Waals surface area contributed by atoms with Crippen molar-refractivity contribution < 1.29 is 0 Å². The van der Waals surface area contributed by atoms with Crippen LogP contribution in [0.15, 0.2) is 17.0 Å². The summed E-state index contributed by atoms with van der Waals surface area (Å²) in [5, 5.41) is 3.32. The predicted octanol–water partition coefficient (Wildman–Crippen LogP) is 3.99. The normalized spacial score (nSPS) is 14.7. The molecule has 1 aliphatic carbocycles. The highest BCUT2D eigenvalue weighted by Crippen LogP contribution is 2.44. The Bertz CT molecular complexity index is 646. The number of halogens is 1. The van der Waals surface area contributed by atoms with Gasteiger partial charge in [-0.1, -0.05) is 0 Å². The Balaban J connectivity index is 2.11. The quantitative estimate of drug-likeness (QED) is 0.886. The smallest absolute Gasteiger partial charge is 0.180 e. The minimum absolute atomic E-state index is 0.335. The van der Waals surface area contributed by atoms with Crippen LogP contribution in [0.2, 0.25) is 0 Å². The maximum absolute atomic E-state index is 4.80. The molecule has 0 bridgehead atoms. The molecule has 0 saturated heterocycles. The molecule has 2 aromatic heterocycles. The van der Waals surface area contributed by atoms with E-state index in [9.17, 15) is 0 Å². The summed E-state index contributed by atoms with van der Waals surface area (Å²) in [6.07, 6.45) is 6.11. The lowest BCUT2D eigenvalue weighted by Gasteiger charge is -2.14. The second-order valence-electron chi connectivity index (χ2n) is 5.68. The number of hydrogen-bond acceptors (Lipinski definition) is 4. The van der Waals surface area contributed by atoms with Gasteiger partial charge in [-0.15, -0.1) is 0 Å². The number of rotatable bonds is 5. The monoisotopic (exact) mass is 349 g/mol. The average molecular weight is 350 g/mol. The zero-order valence-corrected chi connectivity index (χ0v) is 14.2. The third-order valence-corrected chi connectivity index (χ3v) is 4.42. The maximum atomic E-state index is 4.80. The third-order valence-electron chi connectivity index (χ3n) is 3.64. The molecule has 1 saturated carbocycles. The Labute approximate surface area is 133 Å². The Hall–Kier alpha value is -1.43. The van der Waals surface area contributed by atoms with Crippen molar-refractivity contribution in [2.24, 2.45) is 0 Å². The summed E-state index contributed by atoms with van der Waals surface area (Å²) >= 11 is 3.66. The van der Waals surface area contributed by atoms with Crippen molar-refractivity contribution in [3.8, 4) is 11.5 Å². The van der Waals surface area contributed by atoms with E-state index in [4.69, 9.17) is 4.98 Å². The number of imidazole rings is 1. The topological polar surface area (TPSA) is 55.6 Å². The molecule has 6 heteroatoms. The van der Waals surface area contributed by atoms with Crippen LogP contribution in [-0.4, -0.2) is 26.1 Å². The first kappa shape index (κ1) is 14.5. The van der Waals surface area contributed by atoms with E-state index < -0.39 is 0 Å². The Morgan fingerprint density at radius 3 is 2.76 bits per heavy atom. The van der Waals surface area contributed by atoms with Gasteiger partial charge in [-0.05, 0) is 49.5 Å². The second kappa shape index (κ2) is 5.75. The summed E-state index contributed by atoms with van der Waals surface area (Å²) < 4.78 is 3.11. The van der Waals surface area contributed by atoms with Crippen LogP contribution in [-0.2, 0) is 0 Å². The fourth-order valence-corrected chi connectivity index (χ4v) is 3.02. The molecule has 3 rings (SSSR count). The molecule has 0 radical (unpaired) electrons. The highest BCUT2D eigenvalue weighted by molar-refractivity contribution is 9.10. The lowest BCUT2D eigenvalue weighted by Crippen LogP contribution is -2.08. The zero-order chi connectivity index (χ0) is 15.0. The molecule has 5 nitrogen and oxygen atoms in total. The van der Waals surface area contributed by atoms with Crippen molar-refractivity contribution in [3.05, 3.63) is 22.7 Å². The van der Waals surface area contributed by atoms with Crippen molar-refractivity contribution in [1.29, 1.82) is 0 Å². The highest BCUT2D eigenvalue weighted by Gasteiger charge is 2.30. The fraction of sp³-hybridized carbons (Fsp3) is 0.533. The van der Waals surface area contributed by atoms with Crippen molar-refractivity contribution >= 4 is 21.7 Å². The molecule has 112 valence electrons. The van der Waals surface area contributed by atoms with Crippen molar-refractivity contribution in [3.63, 3.8) is 0 Å². The van der Waals surface area contributed by atoms with Crippen LogP contribution in [0.3, 0.4) is 0 Å². The highest BCUT2D eigenvalue weighted by atomic mass is 79.9. The molecule has 1 N–H and O–H groups in total. The van der Waals surface area contributed by atoms with Gasteiger partial charge in [0.2, 0.25) is 0 Å². The third kappa shape index (κ3) is 2.81. The van der Waals surface area contributed by atoms with Crippen LogP contribution >= 0.6 is 15.9 Å². The van der Waals surface area contributed by atoms with Crippen LogP contribution in [0.1, 0.15) is 51.3 Å². The first-order valence-electron chi connectivity index (χ1n) is 7.45. The van der Waals surface area contributed by atoms with Crippen molar-refractivity contribution in [2.75, 3.05) is 11.9 Å². The van der Waals surface area contributed by atoms with Gasteiger partial charge in [0.25, 0.3) is 0 Å². The van der Waals surface area contributed by atoms with Crippen LogP contribution in [0.4, 0.5) is 5.82 Å². The predicted molar refractivity (Wildman–Crippen MR) is 87.5 cm³/mol. The minimum atomic E-state index is 0.335. The molecular formula is C15H20BrN5. The molecule has 21 heavy (non-hydrogen) atoms. The van der Waals surface area contributed by atoms with E-state index in [0.717, 1.165) is 34.0 Å². The lowest BCUT2D eigenvalue weighted by atomic mass is 10.2. The van der Waals surface area contributed by atoms with E-state index in [1.807, 2.05) is 12.5 Å². The number of aromatic nitrogens is 4. The fourth-order valence-electron chi connectivity index (χ4n) is 2.38. The van der Waals surface area contributed by atoms with Crippen LogP contribution in [0.25, 0.3) is 11.5 Å². The van der Waals surface area contributed by atoms with Gasteiger partial charge in [0, 0.05) is 18.5 Å². The summed E-state index contributed by atoms with van der Waals surface area (Å²) in [5.74, 6) is 2.19. The molecule has 2 aromatic rings. The second-order valence-corrected chi connectivity index (χ2v) is 6.47. The van der Waals surface area contributed by atoms with E-state index in [1.165, 1.54) is 12.8 Å². The molecule has 0 spiro atoms. The van der Waals surface area contributed by atoms with Gasteiger partial charge in [0.15, 0.2) is 5.82 Å². The number of hydrogen-bond donors (Lipinski definition) is 1. The number of anilines is 1. The van der Waals surface area contributed by atoms with Crippen molar-refractivity contribution in [1.82, 2.24) is 19.5 Å². The summed E-state index contributed by atoms with van der Waals surface area (Å²) in [6.45, 7) is 7.18. The van der Waals surface area contributed by atoms with Gasteiger partial charge in [-0.3, -0.25) is 0 Å². The summed E-state index contributed by atoms with van der Waals surface area (Å²) in [5.41, 5.74) is 2.09. The molecule has 0 unspecified atom stereocenters. The Kier molecular flexibility index (Phi) is 3.97. The minimum Gasteiger partial charge on any atom is -0.369 e. The number of nitrogens with zero attached hydrogens (tertiary/aromatic N) is 4. The summed E-state index contributed by atoms with van der Waals surface area (Å²) in [7, 11) is 0. The van der Waals surface area contributed by atoms with E-state index in [1.54, 1.807) is 0 Å². The first-order chi connectivity index (χ1) is 10.1.